The van der Waals surface area contributed by atoms with Crippen LogP contribution in [0.2, 0.25) is 0 Å². The number of aromatic nitrogens is 2. The van der Waals surface area contributed by atoms with E-state index in [0.29, 0.717) is 25.9 Å². The molecule has 3 atom stereocenters. The van der Waals surface area contributed by atoms with Crippen LogP contribution >= 0.6 is 0 Å². The third kappa shape index (κ3) is 3.92. The summed E-state index contributed by atoms with van der Waals surface area (Å²) in [6.07, 6.45) is 6.16. The number of carbonyl (C=O) groups is 1. The first kappa shape index (κ1) is 26.6. The van der Waals surface area contributed by atoms with Crippen LogP contribution in [0.25, 0.3) is 0 Å². The van der Waals surface area contributed by atoms with Gasteiger partial charge in [0.05, 0.1) is 11.4 Å². The molecular weight excluding hydrogens is 516 g/mol. The van der Waals surface area contributed by atoms with Crippen molar-refractivity contribution in [2.24, 2.45) is 22.5 Å². The number of piperidine rings is 1. The van der Waals surface area contributed by atoms with Crippen LogP contribution in [0.15, 0.2) is 29.1 Å². The number of H-pyrrole nitrogens is 1. The Hall–Kier alpha value is -2.59. The summed E-state index contributed by atoms with van der Waals surface area (Å²) in [6, 6.07) is 8.15. The highest BCUT2D eigenvalue weighted by Gasteiger charge is 2.66. The van der Waals surface area contributed by atoms with E-state index in [4.69, 9.17) is 5.73 Å². The fourth-order valence-electron chi connectivity index (χ4n) is 8.82. The molecule has 2 saturated carbocycles. The molecule has 0 unspecified atom stereocenters. The number of amides is 1. The lowest BCUT2D eigenvalue weighted by Crippen LogP contribution is -2.50. The topological polar surface area (TPSA) is 138 Å². The normalized spacial score (nSPS) is 29.2. The van der Waals surface area contributed by atoms with Gasteiger partial charge < -0.3 is 15.8 Å². The maximum Gasteiger partial charge on any atom is 0.328 e. The number of hydrogen-bond acceptors (Lipinski definition) is 5. The number of sulfonamides is 1. The van der Waals surface area contributed by atoms with Gasteiger partial charge in [0.1, 0.15) is 0 Å². The molecule has 3 aliphatic carbocycles. The van der Waals surface area contributed by atoms with Crippen molar-refractivity contribution in [2.75, 3.05) is 18.8 Å². The van der Waals surface area contributed by atoms with Gasteiger partial charge in [-0.25, -0.2) is 17.5 Å². The number of nitrogens with two attached hydrogens (primary N) is 1. The van der Waals surface area contributed by atoms with E-state index in [1.807, 2.05) is 0 Å². The second-order valence-electron chi connectivity index (χ2n) is 13.0. The Kier molecular flexibility index (Phi) is 6.12. The largest absolute Gasteiger partial charge is 0.493 e. The highest BCUT2D eigenvalue weighted by Crippen LogP contribution is 2.70. The number of carbonyl (C=O) groups excluding carboxylic acids is 1. The Morgan fingerprint density at radius 3 is 2.56 bits per heavy atom. The van der Waals surface area contributed by atoms with E-state index in [1.165, 1.54) is 15.7 Å². The maximum absolute atomic E-state index is 14.1. The van der Waals surface area contributed by atoms with Gasteiger partial charge >= 0.3 is 5.69 Å². The third-order valence-corrected chi connectivity index (χ3v) is 13.3. The molecule has 6 rings (SSSR count). The lowest BCUT2D eigenvalue weighted by atomic mass is 9.69. The first-order valence-corrected chi connectivity index (χ1v) is 15.9. The molecule has 1 amide bonds. The van der Waals surface area contributed by atoms with Crippen molar-refractivity contribution in [3.8, 4) is 5.88 Å². The fourth-order valence-corrected chi connectivity index (χ4v) is 11.1. The van der Waals surface area contributed by atoms with E-state index in [0.717, 1.165) is 32.1 Å². The molecule has 1 spiro atoms. The quantitative estimate of drug-likeness (QED) is 0.481. The van der Waals surface area contributed by atoms with Crippen LogP contribution < -0.4 is 11.4 Å². The van der Waals surface area contributed by atoms with Gasteiger partial charge in [0.2, 0.25) is 21.8 Å². The monoisotopic (exact) mass is 556 g/mol. The molecule has 10 heteroatoms. The highest BCUT2D eigenvalue weighted by atomic mass is 32.2. The van der Waals surface area contributed by atoms with Crippen molar-refractivity contribution in [3.05, 3.63) is 51.6 Å². The van der Waals surface area contributed by atoms with E-state index >= 15 is 0 Å². The molecule has 1 aliphatic heterocycles. The standard InChI is InChI=1S/C29H40N4O5S/c1-27(2)20-10-12-29(27,23(17-20)33-25(35)22(31-26(33)36)7-8-24(30)34)18-39(37,38)32-15-13-28(14-16-32)11-9-19-5-3-4-6-21(19)28/h3-6,20,23,35H,7-18H2,1-2H3,(H2,30,34)(H,31,36)/t20-,23+,29-/m1/s1. The summed E-state index contributed by atoms with van der Waals surface area (Å²) in [4.78, 5) is 27.1. The SMILES string of the molecule is CC1(C)[C@@H]2CC[C@@]1(CS(=O)(=O)N1CCC3(CCc4ccccc43)CC1)[C@@H](n1c(O)c(CCC(N)=O)[nH]c1=O)C2. The van der Waals surface area contributed by atoms with Gasteiger partial charge in [0.15, 0.2) is 0 Å². The number of rotatable bonds is 7. The van der Waals surface area contributed by atoms with Crippen molar-refractivity contribution in [3.63, 3.8) is 0 Å². The van der Waals surface area contributed by atoms with Crippen molar-refractivity contribution in [1.82, 2.24) is 13.9 Å². The molecule has 2 bridgehead atoms. The zero-order valence-electron chi connectivity index (χ0n) is 22.9. The number of primary amides is 1. The number of aromatic amines is 1. The van der Waals surface area contributed by atoms with Crippen molar-refractivity contribution in [2.45, 2.75) is 83.1 Å². The van der Waals surface area contributed by atoms with Crippen molar-refractivity contribution >= 4 is 15.9 Å². The van der Waals surface area contributed by atoms with Crippen LogP contribution in [0.4, 0.5) is 0 Å². The van der Waals surface area contributed by atoms with Gasteiger partial charge in [-0.1, -0.05) is 38.1 Å². The lowest BCUT2D eigenvalue weighted by molar-refractivity contribution is -0.118. The van der Waals surface area contributed by atoms with Crippen LogP contribution in [-0.4, -0.2) is 52.1 Å². The van der Waals surface area contributed by atoms with Gasteiger partial charge in [-0.3, -0.25) is 9.36 Å². The summed E-state index contributed by atoms with van der Waals surface area (Å²) in [7, 11) is -3.62. The number of imidazole rings is 1. The molecule has 2 aromatic rings. The van der Waals surface area contributed by atoms with Crippen LogP contribution in [0.5, 0.6) is 5.88 Å². The van der Waals surface area contributed by atoms with Crippen LogP contribution in [-0.2, 0) is 33.1 Å². The molecule has 4 N–H and O–H groups in total. The van der Waals surface area contributed by atoms with E-state index in [9.17, 15) is 23.1 Å². The summed E-state index contributed by atoms with van der Waals surface area (Å²) in [6.45, 7) is 5.27. The zero-order valence-corrected chi connectivity index (χ0v) is 23.7. The van der Waals surface area contributed by atoms with Gasteiger partial charge in [0, 0.05) is 37.4 Å². The Labute approximate surface area is 229 Å². The fraction of sp³-hybridized carbons (Fsp3) is 0.655. The molecule has 9 nitrogen and oxygen atoms in total. The van der Waals surface area contributed by atoms with Gasteiger partial charge in [-0.2, -0.15) is 0 Å². The minimum atomic E-state index is -3.62. The Morgan fingerprint density at radius 1 is 1.15 bits per heavy atom. The van der Waals surface area contributed by atoms with Crippen molar-refractivity contribution < 1.29 is 18.3 Å². The summed E-state index contributed by atoms with van der Waals surface area (Å²) in [5.41, 5.74) is 6.94. The number of aromatic hydroxyl groups is 1. The highest BCUT2D eigenvalue weighted by molar-refractivity contribution is 7.89. The average molecular weight is 557 g/mol. The average Bonchev–Trinajstić information content (AvgIpc) is 3.52. The lowest BCUT2D eigenvalue weighted by Gasteiger charge is -2.45. The van der Waals surface area contributed by atoms with E-state index in [1.54, 1.807) is 4.31 Å². The van der Waals surface area contributed by atoms with E-state index < -0.39 is 33.1 Å². The molecule has 2 heterocycles. The summed E-state index contributed by atoms with van der Waals surface area (Å²) in [5.74, 6) is -0.499. The van der Waals surface area contributed by atoms with Gasteiger partial charge in [0.25, 0.3) is 0 Å². The number of fused-ring (bicyclic) bond motifs is 4. The molecule has 1 saturated heterocycles. The number of nitrogens with zero attached hydrogens (tertiary/aromatic N) is 2. The smallest absolute Gasteiger partial charge is 0.328 e. The third-order valence-electron chi connectivity index (χ3n) is 11.3. The molecule has 0 radical (unpaired) electrons. The second-order valence-corrected chi connectivity index (χ2v) is 15.0. The molecule has 3 fully saturated rings. The Balaban J connectivity index is 1.27. The van der Waals surface area contributed by atoms with Crippen LogP contribution in [0.1, 0.15) is 81.7 Å². The first-order valence-electron chi connectivity index (χ1n) is 14.3. The Bertz CT molecular complexity index is 1470. The minimum absolute atomic E-state index is 0.00669. The van der Waals surface area contributed by atoms with Gasteiger partial charge in [-0.05, 0) is 72.8 Å². The van der Waals surface area contributed by atoms with Crippen molar-refractivity contribution in [1.29, 1.82) is 0 Å². The number of hydrogen-bond donors (Lipinski definition) is 3. The number of nitrogens with one attached hydrogen (secondary N) is 1. The van der Waals surface area contributed by atoms with E-state index in [-0.39, 0.29) is 46.9 Å². The predicted molar refractivity (Wildman–Crippen MR) is 148 cm³/mol. The summed E-state index contributed by atoms with van der Waals surface area (Å²) in [5, 5.41) is 11.1. The van der Waals surface area contributed by atoms with Crippen LogP contribution in [0, 0.1) is 16.7 Å². The summed E-state index contributed by atoms with van der Waals surface area (Å²) < 4.78 is 31.3. The zero-order chi connectivity index (χ0) is 27.8. The first-order chi connectivity index (χ1) is 18.4. The molecular formula is C29H40N4O5S. The molecule has 1 aromatic carbocycles. The molecule has 39 heavy (non-hydrogen) atoms. The number of benzene rings is 1. The van der Waals surface area contributed by atoms with Gasteiger partial charge in [-0.15, -0.1) is 0 Å². The summed E-state index contributed by atoms with van der Waals surface area (Å²) >= 11 is 0. The predicted octanol–water partition coefficient (Wildman–Crippen LogP) is 2.98. The van der Waals surface area contributed by atoms with Crippen LogP contribution in [0.3, 0.4) is 0 Å². The molecule has 212 valence electrons. The minimum Gasteiger partial charge on any atom is -0.493 e. The van der Waals surface area contributed by atoms with E-state index in [2.05, 4.69) is 43.1 Å². The number of aryl methyl sites for hydroxylation is 2. The molecule has 4 aliphatic rings. The molecule has 1 aromatic heterocycles. The second kappa shape index (κ2) is 8.96. The maximum atomic E-state index is 14.1. The Morgan fingerprint density at radius 2 is 1.87 bits per heavy atom.